The van der Waals surface area contributed by atoms with Crippen LogP contribution in [0, 0.1) is 0 Å². The van der Waals surface area contributed by atoms with Gasteiger partial charge in [-0.1, -0.05) is 0 Å². The molecule has 0 aliphatic rings. The molecule has 0 aliphatic heterocycles. The van der Waals surface area contributed by atoms with Crippen molar-refractivity contribution in [3.05, 3.63) is 18.2 Å². The zero-order valence-electron chi connectivity index (χ0n) is 11.9. The predicted molar refractivity (Wildman–Crippen MR) is 78.7 cm³/mol. The number of rotatable bonds is 7. The van der Waals surface area contributed by atoms with Crippen LogP contribution in [-0.4, -0.2) is 32.3 Å². The Morgan fingerprint density at radius 1 is 1.32 bits per heavy atom. The number of nitrogens with two attached hydrogens (primary N) is 1. The molecule has 9 heteroatoms. The van der Waals surface area contributed by atoms with E-state index < -0.39 is 12.8 Å². The van der Waals surface area contributed by atoms with E-state index in [9.17, 15) is 18.0 Å². The quantitative estimate of drug-likeness (QED) is 0.799. The van der Waals surface area contributed by atoms with E-state index in [2.05, 4.69) is 10.1 Å². The van der Waals surface area contributed by atoms with Crippen LogP contribution in [0.5, 0.6) is 11.5 Å². The third kappa shape index (κ3) is 7.37. The molecule has 0 aromatic heterocycles. The van der Waals surface area contributed by atoms with Crippen LogP contribution in [0.3, 0.4) is 0 Å². The molecular weight excluding hydrogens is 325 g/mol. The minimum absolute atomic E-state index is 0. The number of carbonyl (C=O) groups excluding carboxylic acids is 1. The van der Waals surface area contributed by atoms with Gasteiger partial charge in [0.1, 0.15) is 0 Å². The Morgan fingerprint density at radius 2 is 2.00 bits per heavy atom. The number of nitrogens with one attached hydrogen (secondary N) is 1. The lowest BCUT2D eigenvalue weighted by Crippen LogP contribution is -2.19. The van der Waals surface area contributed by atoms with E-state index in [4.69, 9.17) is 10.5 Å². The van der Waals surface area contributed by atoms with Crippen LogP contribution in [0.4, 0.5) is 18.9 Å². The van der Waals surface area contributed by atoms with Crippen LogP contribution in [0.1, 0.15) is 12.8 Å². The molecule has 0 saturated carbocycles. The Hall–Kier alpha value is -1.67. The summed E-state index contributed by atoms with van der Waals surface area (Å²) in [5.74, 6) is -0.210. The highest BCUT2D eigenvalue weighted by Crippen LogP contribution is 2.31. The molecule has 0 spiro atoms. The Morgan fingerprint density at radius 3 is 2.55 bits per heavy atom. The number of alkyl halides is 3. The van der Waals surface area contributed by atoms with Gasteiger partial charge >= 0.3 is 6.18 Å². The summed E-state index contributed by atoms with van der Waals surface area (Å²) in [7, 11) is 1.31. The molecule has 1 aromatic rings. The lowest BCUT2D eigenvalue weighted by molar-refractivity contribution is -0.153. The van der Waals surface area contributed by atoms with Gasteiger partial charge in [-0.15, -0.1) is 12.4 Å². The standard InChI is InChI=1S/C13H17F3N2O3.ClH/c1-20-10-5-4-9(18-12(19)3-2-6-17)7-11(10)21-8-13(14,15)16;/h4-5,7H,2-3,6,8,17H2,1H3,(H,18,19);1H. The fourth-order valence-corrected chi connectivity index (χ4v) is 1.51. The SMILES string of the molecule is COc1ccc(NC(=O)CCCN)cc1OCC(F)(F)F.Cl. The topological polar surface area (TPSA) is 73.6 Å². The van der Waals surface area contributed by atoms with Crippen molar-refractivity contribution >= 4 is 24.0 Å². The van der Waals surface area contributed by atoms with E-state index in [1.165, 1.54) is 25.3 Å². The summed E-state index contributed by atoms with van der Waals surface area (Å²) < 4.78 is 46.1. The number of methoxy groups -OCH3 is 1. The van der Waals surface area contributed by atoms with Gasteiger partial charge in [-0.05, 0) is 25.1 Å². The van der Waals surface area contributed by atoms with E-state index in [1.54, 1.807) is 0 Å². The highest BCUT2D eigenvalue weighted by atomic mass is 35.5. The molecule has 0 saturated heterocycles. The van der Waals surface area contributed by atoms with Crippen molar-refractivity contribution in [1.29, 1.82) is 0 Å². The molecule has 1 amide bonds. The van der Waals surface area contributed by atoms with E-state index >= 15 is 0 Å². The van der Waals surface area contributed by atoms with E-state index in [1.807, 2.05) is 0 Å². The van der Waals surface area contributed by atoms with Gasteiger partial charge in [-0.25, -0.2) is 0 Å². The number of hydrogen-bond donors (Lipinski definition) is 2. The first kappa shape index (κ1) is 20.3. The smallest absolute Gasteiger partial charge is 0.422 e. The maximum atomic E-state index is 12.2. The normalized spacial score (nSPS) is 10.6. The number of amides is 1. The fraction of sp³-hybridized carbons (Fsp3) is 0.462. The summed E-state index contributed by atoms with van der Waals surface area (Å²) in [6, 6.07) is 4.22. The number of carbonyl (C=O) groups is 1. The van der Waals surface area contributed by atoms with E-state index in [-0.39, 0.29) is 36.2 Å². The molecule has 22 heavy (non-hydrogen) atoms. The second kappa shape index (κ2) is 9.37. The molecule has 126 valence electrons. The Labute approximate surface area is 132 Å². The van der Waals surface area contributed by atoms with Crippen LogP contribution in [0.15, 0.2) is 18.2 Å². The van der Waals surface area contributed by atoms with E-state index in [0.29, 0.717) is 18.7 Å². The molecule has 0 radical (unpaired) electrons. The zero-order chi connectivity index (χ0) is 15.9. The van der Waals surface area contributed by atoms with Crippen LogP contribution < -0.4 is 20.5 Å². The Bertz CT molecular complexity index is 484. The second-order valence-corrected chi connectivity index (χ2v) is 4.21. The van der Waals surface area contributed by atoms with Crippen LogP contribution in [-0.2, 0) is 4.79 Å². The number of ether oxygens (including phenoxy) is 2. The highest BCUT2D eigenvalue weighted by Gasteiger charge is 2.29. The summed E-state index contributed by atoms with van der Waals surface area (Å²) >= 11 is 0. The average molecular weight is 343 g/mol. The molecule has 5 nitrogen and oxygen atoms in total. The third-order valence-electron chi connectivity index (χ3n) is 2.45. The van der Waals surface area contributed by atoms with Gasteiger partial charge in [0.05, 0.1) is 7.11 Å². The van der Waals surface area contributed by atoms with Crippen molar-refractivity contribution in [2.45, 2.75) is 19.0 Å². The summed E-state index contributed by atoms with van der Waals surface area (Å²) in [6.45, 7) is -1.05. The minimum atomic E-state index is -4.45. The predicted octanol–water partition coefficient (Wildman–Crippen LogP) is 2.74. The Balaban J connectivity index is 0.00000441. The summed E-state index contributed by atoms with van der Waals surface area (Å²) in [4.78, 5) is 11.5. The number of halogens is 4. The molecule has 0 bridgehead atoms. The first-order chi connectivity index (χ1) is 9.85. The van der Waals surface area contributed by atoms with Crippen molar-refractivity contribution in [2.75, 3.05) is 25.6 Å². The minimum Gasteiger partial charge on any atom is -0.493 e. The molecule has 0 aliphatic carbocycles. The molecule has 1 rings (SSSR count). The van der Waals surface area contributed by atoms with Gasteiger partial charge in [0.15, 0.2) is 18.1 Å². The largest absolute Gasteiger partial charge is 0.493 e. The molecule has 0 heterocycles. The van der Waals surface area contributed by atoms with Crippen molar-refractivity contribution in [3.8, 4) is 11.5 Å². The molecule has 0 fully saturated rings. The number of benzene rings is 1. The van der Waals surface area contributed by atoms with Gasteiger partial charge < -0.3 is 20.5 Å². The highest BCUT2D eigenvalue weighted by molar-refractivity contribution is 5.91. The molecule has 0 atom stereocenters. The van der Waals surface area contributed by atoms with Crippen molar-refractivity contribution in [3.63, 3.8) is 0 Å². The molecule has 3 N–H and O–H groups in total. The third-order valence-corrected chi connectivity index (χ3v) is 2.45. The van der Waals surface area contributed by atoms with Crippen molar-refractivity contribution < 1.29 is 27.4 Å². The van der Waals surface area contributed by atoms with Gasteiger partial charge in [-0.3, -0.25) is 4.79 Å². The van der Waals surface area contributed by atoms with Crippen molar-refractivity contribution in [2.24, 2.45) is 5.73 Å². The van der Waals surface area contributed by atoms with Gasteiger partial charge in [0, 0.05) is 18.2 Å². The monoisotopic (exact) mass is 342 g/mol. The van der Waals surface area contributed by atoms with Crippen LogP contribution in [0.25, 0.3) is 0 Å². The molecule has 1 aromatic carbocycles. The first-order valence-electron chi connectivity index (χ1n) is 6.23. The maximum absolute atomic E-state index is 12.2. The molecular formula is C13H18ClF3N2O3. The van der Waals surface area contributed by atoms with Gasteiger partial charge in [-0.2, -0.15) is 13.2 Å². The van der Waals surface area contributed by atoms with Gasteiger partial charge in [0.25, 0.3) is 0 Å². The summed E-state index contributed by atoms with van der Waals surface area (Å²) in [5.41, 5.74) is 5.62. The van der Waals surface area contributed by atoms with Crippen molar-refractivity contribution in [1.82, 2.24) is 0 Å². The zero-order valence-corrected chi connectivity index (χ0v) is 12.7. The number of hydrogen-bond acceptors (Lipinski definition) is 4. The van der Waals surface area contributed by atoms with Crippen LogP contribution in [0.2, 0.25) is 0 Å². The second-order valence-electron chi connectivity index (χ2n) is 4.21. The lowest BCUT2D eigenvalue weighted by Gasteiger charge is -2.14. The van der Waals surface area contributed by atoms with Gasteiger partial charge in [0.2, 0.25) is 5.91 Å². The lowest BCUT2D eigenvalue weighted by atomic mass is 10.2. The molecule has 0 unspecified atom stereocenters. The Kier molecular flexibility index (Phi) is 8.66. The summed E-state index contributed by atoms with van der Waals surface area (Å²) in [6.07, 6.45) is -3.69. The summed E-state index contributed by atoms with van der Waals surface area (Å²) in [5, 5.41) is 2.55. The first-order valence-corrected chi connectivity index (χ1v) is 6.23. The maximum Gasteiger partial charge on any atom is 0.422 e. The average Bonchev–Trinajstić information content (AvgIpc) is 2.42. The van der Waals surface area contributed by atoms with E-state index in [0.717, 1.165) is 0 Å². The number of anilines is 1. The van der Waals surface area contributed by atoms with Crippen LogP contribution >= 0.6 is 12.4 Å². The fourth-order valence-electron chi connectivity index (χ4n) is 1.51.